The van der Waals surface area contributed by atoms with E-state index in [0.29, 0.717) is 11.1 Å². The summed E-state index contributed by atoms with van der Waals surface area (Å²) in [7, 11) is 0. The van der Waals surface area contributed by atoms with Gasteiger partial charge in [0.25, 0.3) is 5.91 Å². The van der Waals surface area contributed by atoms with Gasteiger partial charge in [-0.05, 0) is 29.8 Å². The van der Waals surface area contributed by atoms with Crippen molar-refractivity contribution in [2.45, 2.75) is 19.1 Å². The lowest BCUT2D eigenvalue weighted by molar-refractivity contribution is -0.137. The Hall–Kier alpha value is -2.83. The molecule has 2 amide bonds. The number of carbonyl (C=O) groups is 2. The number of amides is 2. The van der Waals surface area contributed by atoms with E-state index in [-0.39, 0.29) is 31.3 Å². The molecule has 2 rings (SSSR count). The average Bonchev–Trinajstić information content (AvgIpc) is 2.60. The maximum absolute atomic E-state index is 12.5. The molecular weight excluding hydrogens is 333 g/mol. The van der Waals surface area contributed by atoms with Crippen LogP contribution in [0.4, 0.5) is 13.2 Å². The number of carbonyl (C=O) groups excluding carboxylic acids is 2. The predicted molar refractivity (Wildman–Crippen MR) is 86.7 cm³/mol. The molecule has 0 heterocycles. The fraction of sp³-hybridized carbons (Fsp3) is 0.222. The van der Waals surface area contributed by atoms with Crippen LogP contribution in [0.2, 0.25) is 0 Å². The number of rotatable bonds is 6. The van der Waals surface area contributed by atoms with Gasteiger partial charge in [0, 0.05) is 25.1 Å². The summed E-state index contributed by atoms with van der Waals surface area (Å²) in [6, 6.07) is 13.2. The molecule has 0 aliphatic heterocycles. The first-order valence-corrected chi connectivity index (χ1v) is 7.62. The number of hydrogen-bond donors (Lipinski definition) is 2. The summed E-state index contributed by atoms with van der Waals surface area (Å²) in [5.41, 5.74) is 0.341. The minimum atomic E-state index is -4.38. The van der Waals surface area contributed by atoms with Gasteiger partial charge in [-0.3, -0.25) is 9.59 Å². The SMILES string of the molecule is O=C(CCNC(=O)c1ccccc1)NCc1ccc(C(F)(F)F)cc1. The van der Waals surface area contributed by atoms with Crippen LogP contribution in [0.3, 0.4) is 0 Å². The fourth-order valence-corrected chi connectivity index (χ4v) is 2.08. The molecule has 2 aromatic rings. The Kier molecular flexibility index (Phi) is 6.16. The van der Waals surface area contributed by atoms with Crippen LogP contribution in [0.25, 0.3) is 0 Å². The van der Waals surface area contributed by atoms with E-state index in [9.17, 15) is 22.8 Å². The second-order valence-corrected chi connectivity index (χ2v) is 5.34. The summed E-state index contributed by atoms with van der Waals surface area (Å²) >= 11 is 0. The van der Waals surface area contributed by atoms with Crippen molar-refractivity contribution in [3.8, 4) is 0 Å². The molecule has 0 radical (unpaired) electrons. The molecule has 0 spiro atoms. The van der Waals surface area contributed by atoms with Crippen molar-refractivity contribution in [1.82, 2.24) is 10.6 Å². The van der Waals surface area contributed by atoms with E-state index in [1.54, 1.807) is 30.3 Å². The maximum Gasteiger partial charge on any atom is 0.416 e. The highest BCUT2D eigenvalue weighted by molar-refractivity contribution is 5.94. The first-order valence-electron chi connectivity index (χ1n) is 7.62. The second kappa shape index (κ2) is 8.32. The zero-order valence-corrected chi connectivity index (χ0v) is 13.3. The lowest BCUT2D eigenvalue weighted by Crippen LogP contribution is -2.30. The van der Waals surface area contributed by atoms with Crippen molar-refractivity contribution in [1.29, 1.82) is 0 Å². The summed E-state index contributed by atoms with van der Waals surface area (Å²) in [6.07, 6.45) is -4.29. The van der Waals surface area contributed by atoms with Gasteiger partial charge in [-0.2, -0.15) is 13.2 Å². The minimum Gasteiger partial charge on any atom is -0.352 e. The molecule has 0 unspecified atom stereocenters. The van der Waals surface area contributed by atoms with Crippen molar-refractivity contribution in [3.63, 3.8) is 0 Å². The quantitative estimate of drug-likeness (QED) is 0.841. The molecular formula is C18H17F3N2O2. The number of halogens is 3. The van der Waals surface area contributed by atoms with Crippen molar-refractivity contribution in [2.24, 2.45) is 0 Å². The Morgan fingerprint density at radius 3 is 2.12 bits per heavy atom. The van der Waals surface area contributed by atoms with Crippen LogP contribution in [-0.4, -0.2) is 18.4 Å². The highest BCUT2D eigenvalue weighted by Crippen LogP contribution is 2.28. The number of hydrogen-bond acceptors (Lipinski definition) is 2. The summed E-state index contributed by atoms with van der Waals surface area (Å²) in [4.78, 5) is 23.5. The molecule has 2 aromatic carbocycles. The van der Waals surface area contributed by atoms with E-state index in [1.807, 2.05) is 0 Å². The highest BCUT2D eigenvalue weighted by atomic mass is 19.4. The molecule has 25 heavy (non-hydrogen) atoms. The summed E-state index contributed by atoms with van der Waals surface area (Å²) in [5, 5.41) is 5.23. The maximum atomic E-state index is 12.5. The highest BCUT2D eigenvalue weighted by Gasteiger charge is 2.29. The number of alkyl halides is 3. The molecule has 0 atom stereocenters. The molecule has 0 saturated carbocycles. The fourth-order valence-electron chi connectivity index (χ4n) is 2.08. The lowest BCUT2D eigenvalue weighted by Gasteiger charge is -2.09. The van der Waals surface area contributed by atoms with Crippen LogP contribution in [0.5, 0.6) is 0 Å². The van der Waals surface area contributed by atoms with Crippen LogP contribution in [0, 0.1) is 0 Å². The Morgan fingerprint density at radius 1 is 0.880 bits per heavy atom. The molecule has 4 nitrogen and oxygen atoms in total. The Morgan fingerprint density at radius 2 is 1.52 bits per heavy atom. The molecule has 132 valence electrons. The van der Waals surface area contributed by atoms with Crippen molar-refractivity contribution < 1.29 is 22.8 Å². The molecule has 0 bridgehead atoms. The van der Waals surface area contributed by atoms with Crippen molar-refractivity contribution in [3.05, 3.63) is 71.3 Å². The lowest BCUT2D eigenvalue weighted by atomic mass is 10.1. The smallest absolute Gasteiger partial charge is 0.352 e. The summed E-state index contributed by atoms with van der Waals surface area (Å²) < 4.78 is 37.4. The van der Waals surface area contributed by atoms with Gasteiger partial charge in [0.05, 0.1) is 5.56 Å². The zero-order chi connectivity index (χ0) is 18.3. The van der Waals surface area contributed by atoms with Crippen LogP contribution in [0.1, 0.15) is 27.9 Å². The normalized spacial score (nSPS) is 11.0. The van der Waals surface area contributed by atoms with E-state index in [1.165, 1.54) is 12.1 Å². The Bertz CT molecular complexity index is 713. The van der Waals surface area contributed by atoms with Crippen molar-refractivity contribution in [2.75, 3.05) is 6.54 Å². The molecule has 0 fully saturated rings. The standard InChI is InChI=1S/C18H17F3N2O2/c19-18(20,21)15-8-6-13(7-9-15)12-23-16(24)10-11-22-17(25)14-4-2-1-3-5-14/h1-9H,10-12H2,(H,22,25)(H,23,24). The third-order valence-corrected chi connectivity index (χ3v) is 3.44. The second-order valence-electron chi connectivity index (χ2n) is 5.34. The van der Waals surface area contributed by atoms with E-state index >= 15 is 0 Å². The van der Waals surface area contributed by atoms with Gasteiger partial charge in [-0.15, -0.1) is 0 Å². The van der Waals surface area contributed by atoms with Gasteiger partial charge >= 0.3 is 6.18 Å². The van der Waals surface area contributed by atoms with Gasteiger partial charge in [0.1, 0.15) is 0 Å². The molecule has 0 saturated heterocycles. The van der Waals surface area contributed by atoms with Gasteiger partial charge in [-0.1, -0.05) is 30.3 Å². The van der Waals surface area contributed by atoms with Gasteiger partial charge < -0.3 is 10.6 Å². The number of benzene rings is 2. The molecule has 7 heteroatoms. The number of nitrogens with one attached hydrogen (secondary N) is 2. The van der Waals surface area contributed by atoms with E-state index < -0.39 is 11.7 Å². The third-order valence-electron chi connectivity index (χ3n) is 3.44. The summed E-state index contributed by atoms with van der Waals surface area (Å²) in [5.74, 6) is -0.565. The van der Waals surface area contributed by atoms with Crippen LogP contribution in [-0.2, 0) is 17.5 Å². The zero-order valence-electron chi connectivity index (χ0n) is 13.3. The van der Waals surface area contributed by atoms with E-state index in [4.69, 9.17) is 0 Å². The van der Waals surface area contributed by atoms with Crippen LogP contribution in [0.15, 0.2) is 54.6 Å². The first kappa shape index (κ1) is 18.5. The largest absolute Gasteiger partial charge is 0.416 e. The van der Waals surface area contributed by atoms with Gasteiger partial charge in [0.2, 0.25) is 5.91 Å². The van der Waals surface area contributed by atoms with Crippen LogP contribution >= 0.6 is 0 Å². The summed E-state index contributed by atoms with van der Waals surface area (Å²) in [6.45, 7) is 0.302. The molecule has 2 N–H and O–H groups in total. The van der Waals surface area contributed by atoms with Gasteiger partial charge in [0.15, 0.2) is 0 Å². The van der Waals surface area contributed by atoms with E-state index in [2.05, 4.69) is 10.6 Å². The topological polar surface area (TPSA) is 58.2 Å². The van der Waals surface area contributed by atoms with E-state index in [0.717, 1.165) is 12.1 Å². The molecule has 0 aliphatic carbocycles. The monoisotopic (exact) mass is 350 g/mol. The first-order chi connectivity index (χ1) is 11.9. The van der Waals surface area contributed by atoms with Gasteiger partial charge in [-0.25, -0.2) is 0 Å². The minimum absolute atomic E-state index is 0.0825. The third kappa shape index (κ3) is 5.95. The predicted octanol–water partition coefficient (Wildman–Crippen LogP) is 3.14. The Labute approximate surface area is 143 Å². The average molecular weight is 350 g/mol. The van der Waals surface area contributed by atoms with Crippen molar-refractivity contribution >= 4 is 11.8 Å². The molecule has 0 aliphatic rings. The Balaban J connectivity index is 1.71. The van der Waals surface area contributed by atoms with Crippen LogP contribution < -0.4 is 10.6 Å². The molecule has 0 aromatic heterocycles.